The van der Waals surface area contributed by atoms with Gasteiger partial charge >= 0.3 is 0 Å². The number of rotatable bonds is 3. The van der Waals surface area contributed by atoms with Crippen LogP contribution in [-0.4, -0.2) is 20.2 Å². The number of nitrogens with one attached hydrogen (secondary N) is 1. The lowest BCUT2D eigenvalue weighted by Crippen LogP contribution is -2.09. The van der Waals surface area contributed by atoms with Gasteiger partial charge in [-0.1, -0.05) is 12.1 Å². The molecule has 1 atom stereocenters. The number of anilines is 1. The first-order chi connectivity index (χ1) is 8.83. The number of para-hydroxylation sites is 1. The zero-order valence-corrected chi connectivity index (χ0v) is 10.6. The minimum absolute atomic E-state index is 0.0768. The molecule has 0 bridgehead atoms. The summed E-state index contributed by atoms with van der Waals surface area (Å²) in [5.41, 5.74) is 1.63. The van der Waals surface area contributed by atoms with E-state index in [0.29, 0.717) is 5.95 Å². The van der Waals surface area contributed by atoms with Crippen molar-refractivity contribution in [2.75, 3.05) is 5.32 Å². The predicted octanol–water partition coefficient (Wildman–Crippen LogP) is 2.65. The van der Waals surface area contributed by atoms with Crippen LogP contribution in [0.15, 0.2) is 35.8 Å². The van der Waals surface area contributed by atoms with E-state index in [1.165, 1.54) is 0 Å². The predicted molar refractivity (Wildman–Crippen MR) is 71.5 cm³/mol. The minimum Gasteiger partial charge on any atom is -0.344 e. The van der Waals surface area contributed by atoms with Gasteiger partial charge in [-0.3, -0.25) is 0 Å². The maximum absolute atomic E-state index is 4.42. The lowest BCUT2D eigenvalue weighted by atomic mass is 10.3. The lowest BCUT2D eigenvalue weighted by Gasteiger charge is -2.10. The minimum atomic E-state index is 0.0768. The molecular formula is C12H11N5S. The topological polar surface area (TPSA) is 63.6 Å². The van der Waals surface area contributed by atoms with E-state index in [9.17, 15) is 0 Å². The number of fused-ring (bicyclic) bond motifs is 1. The molecule has 90 valence electrons. The van der Waals surface area contributed by atoms with Crippen molar-refractivity contribution < 1.29 is 0 Å². The molecule has 6 heteroatoms. The molecule has 0 spiro atoms. The van der Waals surface area contributed by atoms with Gasteiger partial charge in [-0.15, -0.1) is 21.5 Å². The van der Waals surface area contributed by atoms with E-state index in [1.54, 1.807) is 17.5 Å². The number of thiazole rings is 1. The molecule has 18 heavy (non-hydrogen) atoms. The Bertz CT molecular complexity index is 652. The van der Waals surface area contributed by atoms with Crippen molar-refractivity contribution in [3.8, 4) is 0 Å². The van der Waals surface area contributed by atoms with E-state index in [0.717, 1.165) is 16.0 Å². The van der Waals surface area contributed by atoms with Gasteiger partial charge in [0.2, 0.25) is 5.95 Å². The Morgan fingerprint density at radius 1 is 1.17 bits per heavy atom. The maximum atomic E-state index is 4.42. The third-order valence-electron chi connectivity index (χ3n) is 2.53. The van der Waals surface area contributed by atoms with Crippen molar-refractivity contribution in [1.82, 2.24) is 20.2 Å². The molecule has 0 amide bonds. The smallest absolute Gasteiger partial charge is 0.243 e. The standard InChI is InChI=1S/C12H11N5S/c1-8(11-13-6-7-18-11)14-12-15-9-4-2-3-5-10(9)16-17-12/h2-8H,1H3,(H,14,15,17). The molecule has 1 N–H and O–H groups in total. The third-order valence-corrected chi connectivity index (χ3v) is 3.49. The van der Waals surface area contributed by atoms with Gasteiger partial charge < -0.3 is 5.32 Å². The van der Waals surface area contributed by atoms with E-state index in [4.69, 9.17) is 0 Å². The number of benzene rings is 1. The molecule has 0 aliphatic carbocycles. The fraction of sp³-hybridized carbons (Fsp3) is 0.167. The van der Waals surface area contributed by atoms with Crippen molar-refractivity contribution in [3.63, 3.8) is 0 Å². The van der Waals surface area contributed by atoms with Gasteiger partial charge in [-0.2, -0.15) is 0 Å². The summed E-state index contributed by atoms with van der Waals surface area (Å²) in [5.74, 6) is 0.524. The normalized spacial score (nSPS) is 12.5. The fourth-order valence-electron chi connectivity index (χ4n) is 1.65. The Kier molecular flexibility index (Phi) is 2.85. The second-order valence-corrected chi connectivity index (χ2v) is 4.79. The van der Waals surface area contributed by atoms with Crippen LogP contribution in [0.25, 0.3) is 11.0 Å². The first kappa shape index (κ1) is 11.0. The van der Waals surface area contributed by atoms with Crippen LogP contribution < -0.4 is 5.32 Å². The first-order valence-electron chi connectivity index (χ1n) is 5.58. The summed E-state index contributed by atoms with van der Waals surface area (Å²) in [6, 6.07) is 7.75. The van der Waals surface area contributed by atoms with Crippen LogP contribution in [0, 0.1) is 0 Å². The number of aromatic nitrogens is 4. The van der Waals surface area contributed by atoms with Gasteiger partial charge in [-0.25, -0.2) is 9.97 Å². The highest BCUT2D eigenvalue weighted by molar-refractivity contribution is 7.09. The van der Waals surface area contributed by atoms with Crippen molar-refractivity contribution in [2.45, 2.75) is 13.0 Å². The fourth-order valence-corrected chi connectivity index (χ4v) is 2.29. The highest BCUT2D eigenvalue weighted by Crippen LogP contribution is 2.19. The molecule has 1 unspecified atom stereocenters. The highest BCUT2D eigenvalue weighted by atomic mass is 32.1. The Morgan fingerprint density at radius 2 is 2.00 bits per heavy atom. The number of hydrogen-bond acceptors (Lipinski definition) is 6. The average Bonchev–Trinajstić information content (AvgIpc) is 2.92. The molecule has 2 heterocycles. The number of hydrogen-bond donors (Lipinski definition) is 1. The van der Waals surface area contributed by atoms with Gasteiger partial charge in [0.25, 0.3) is 0 Å². The molecule has 0 aliphatic rings. The Hall–Kier alpha value is -2.08. The van der Waals surface area contributed by atoms with Gasteiger partial charge in [0, 0.05) is 11.6 Å². The van der Waals surface area contributed by atoms with Crippen molar-refractivity contribution in [1.29, 1.82) is 0 Å². The molecule has 2 aromatic heterocycles. The monoisotopic (exact) mass is 257 g/mol. The summed E-state index contributed by atoms with van der Waals surface area (Å²) < 4.78 is 0. The molecule has 0 fully saturated rings. The SMILES string of the molecule is CC(Nc1nnc2ccccc2n1)c1nccs1. The summed E-state index contributed by atoms with van der Waals surface area (Å²) in [6.45, 7) is 2.03. The van der Waals surface area contributed by atoms with Crippen LogP contribution >= 0.6 is 11.3 Å². The third kappa shape index (κ3) is 2.14. The van der Waals surface area contributed by atoms with Crippen LogP contribution in [0.3, 0.4) is 0 Å². The van der Waals surface area contributed by atoms with Gasteiger partial charge in [0.1, 0.15) is 10.5 Å². The zero-order chi connectivity index (χ0) is 12.4. The molecular weight excluding hydrogens is 246 g/mol. The molecule has 3 rings (SSSR count). The Morgan fingerprint density at radius 3 is 2.78 bits per heavy atom. The van der Waals surface area contributed by atoms with E-state index in [1.807, 2.05) is 36.6 Å². The number of nitrogens with zero attached hydrogens (tertiary/aromatic N) is 4. The molecule has 0 saturated carbocycles. The summed E-state index contributed by atoms with van der Waals surface area (Å²) >= 11 is 1.60. The second-order valence-electron chi connectivity index (χ2n) is 3.86. The highest BCUT2D eigenvalue weighted by Gasteiger charge is 2.09. The van der Waals surface area contributed by atoms with Crippen LogP contribution in [-0.2, 0) is 0 Å². The van der Waals surface area contributed by atoms with Gasteiger partial charge in [-0.05, 0) is 19.1 Å². The molecule has 5 nitrogen and oxygen atoms in total. The Labute approximate surface area is 108 Å². The van der Waals surface area contributed by atoms with Gasteiger partial charge in [0.15, 0.2) is 0 Å². The molecule has 0 saturated heterocycles. The van der Waals surface area contributed by atoms with Crippen LogP contribution in [0.1, 0.15) is 18.0 Å². The average molecular weight is 257 g/mol. The van der Waals surface area contributed by atoms with E-state index >= 15 is 0 Å². The summed E-state index contributed by atoms with van der Waals surface area (Å²) in [5, 5.41) is 14.3. The molecule has 0 radical (unpaired) electrons. The summed E-state index contributed by atoms with van der Waals surface area (Å²) in [7, 11) is 0. The zero-order valence-electron chi connectivity index (χ0n) is 9.74. The molecule has 1 aromatic carbocycles. The second kappa shape index (κ2) is 4.66. The van der Waals surface area contributed by atoms with Gasteiger partial charge in [0.05, 0.1) is 11.6 Å². The van der Waals surface area contributed by atoms with Crippen molar-refractivity contribution in [2.24, 2.45) is 0 Å². The van der Waals surface area contributed by atoms with Crippen LogP contribution in [0.5, 0.6) is 0 Å². The summed E-state index contributed by atoms with van der Waals surface area (Å²) in [6.07, 6.45) is 1.79. The van der Waals surface area contributed by atoms with Crippen LogP contribution in [0.4, 0.5) is 5.95 Å². The molecule has 3 aromatic rings. The quantitative estimate of drug-likeness (QED) is 0.781. The van der Waals surface area contributed by atoms with E-state index in [2.05, 4.69) is 25.5 Å². The maximum Gasteiger partial charge on any atom is 0.243 e. The van der Waals surface area contributed by atoms with E-state index < -0.39 is 0 Å². The van der Waals surface area contributed by atoms with Crippen molar-refractivity contribution in [3.05, 3.63) is 40.8 Å². The Balaban J connectivity index is 1.86. The summed E-state index contributed by atoms with van der Waals surface area (Å²) in [4.78, 5) is 8.67. The first-order valence-corrected chi connectivity index (χ1v) is 6.46. The van der Waals surface area contributed by atoms with Crippen molar-refractivity contribution >= 4 is 28.3 Å². The van der Waals surface area contributed by atoms with Crippen LogP contribution in [0.2, 0.25) is 0 Å². The van der Waals surface area contributed by atoms with E-state index in [-0.39, 0.29) is 6.04 Å². The molecule has 0 aliphatic heterocycles. The lowest BCUT2D eigenvalue weighted by molar-refractivity contribution is 0.838. The largest absolute Gasteiger partial charge is 0.344 e.